The largest absolute Gasteiger partial charge is 0.376 e. The van der Waals surface area contributed by atoms with Gasteiger partial charge in [0.15, 0.2) is 0 Å². The molecular formula is C21H27N3O2S. The number of carbonyl (C=O) groups excluding carboxylic acids is 2. The van der Waals surface area contributed by atoms with Crippen LogP contribution in [-0.4, -0.2) is 41.2 Å². The van der Waals surface area contributed by atoms with E-state index in [1.807, 2.05) is 42.2 Å². The van der Waals surface area contributed by atoms with Crippen molar-refractivity contribution in [3.63, 3.8) is 0 Å². The Hall–Kier alpha value is -2.34. The highest BCUT2D eigenvalue weighted by Crippen LogP contribution is 2.34. The Morgan fingerprint density at radius 1 is 1.26 bits per heavy atom. The van der Waals surface area contributed by atoms with Gasteiger partial charge in [0.25, 0.3) is 0 Å². The van der Waals surface area contributed by atoms with Crippen LogP contribution < -0.4 is 5.32 Å². The second-order valence-electron chi connectivity index (χ2n) is 6.80. The van der Waals surface area contributed by atoms with Gasteiger partial charge in [-0.2, -0.15) is 0 Å². The van der Waals surface area contributed by atoms with Crippen molar-refractivity contribution in [2.75, 3.05) is 25.0 Å². The highest BCUT2D eigenvalue weighted by atomic mass is 32.1. The summed E-state index contributed by atoms with van der Waals surface area (Å²) in [6.45, 7) is 5.85. The van der Waals surface area contributed by atoms with E-state index in [9.17, 15) is 9.59 Å². The van der Waals surface area contributed by atoms with Gasteiger partial charge in [0, 0.05) is 37.1 Å². The number of likely N-dealkylation sites (tertiary alicyclic amines) is 1. The van der Waals surface area contributed by atoms with Crippen molar-refractivity contribution < 1.29 is 9.59 Å². The van der Waals surface area contributed by atoms with Crippen molar-refractivity contribution in [1.29, 1.82) is 0 Å². The summed E-state index contributed by atoms with van der Waals surface area (Å²) in [4.78, 5) is 29.6. The summed E-state index contributed by atoms with van der Waals surface area (Å²) in [5.41, 5.74) is 1.94. The number of nitrogens with zero attached hydrogens (tertiary/aromatic N) is 2. The second kappa shape index (κ2) is 9.04. The molecule has 1 saturated heterocycles. The molecule has 0 radical (unpaired) electrons. The van der Waals surface area contributed by atoms with E-state index in [1.54, 1.807) is 23.2 Å². The third-order valence-corrected chi connectivity index (χ3v) is 6.05. The van der Waals surface area contributed by atoms with Gasteiger partial charge in [-0.25, -0.2) is 0 Å². The average molecular weight is 386 g/mol. The topological polar surface area (TPSA) is 52.7 Å². The minimum atomic E-state index is 0.0548. The number of thiophene rings is 1. The lowest BCUT2D eigenvalue weighted by Gasteiger charge is -2.25. The summed E-state index contributed by atoms with van der Waals surface area (Å²) in [5, 5.41) is 5.37. The molecule has 0 aliphatic carbocycles. The molecule has 144 valence electrons. The van der Waals surface area contributed by atoms with Crippen molar-refractivity contribution >= 4 is 28.8 Å². The van der Waals surface area contributed by atoms with Crippen molar-refractivity contribution in [3.8, 4) is 0 Å². The van der Waals surface area contributed by atoms with E-state index in [4.69, 9.17) is 0 Å². The van der Waals surface area contributed by atoms with Gasteiger partial charge in [-0.05, 0) is 42.8 Å². The fourth-order valence-corrected chi connectivity index (χ4v) is 4.47. The van der Waals surface area contributed by atoms with Crippen molar-refractivity contribution in [3.05, 3.63) is 52.2 Å². The van der Waals surface area contributed by atoms with Crippen molar-refractivity contribution in [1.82, 2.24) is 9.80 Å². The maximum Gasteiger partial charge on any atom is 0.242 e. The molecule has 1 unspecified atom stereocenters. The van der Waals surface area contributed by atoms with Gasteiger partial charge in [0.05, 0.1) is 12.6 Å². The molecule has 27 heavy (non-hydrogen) atoms. The molecule has 0 bridgehead atoms. The van der Waals surface area contributed by atoms with Crippen LogP contribution in [0.1, 0.15) is 43.2 Å². The lowest BCUT2D eigenvalue weighted by atomic mass is 10.1. The first kappa shape index (κ1) is 19.4. The molecule has 3 rings (SSSR count). The van der Waals surface area contributed by atoms with Crippen LogP contribution in [-0.2, 0) is 16.1 Å². The van der Waals surface area contributed by atoms with Gasteiger partial charge in [-0.1, -0.05) is 24.3 Å². The maximum absolute atomic E-state index is 12.8. The lowest BCUT2D eigenvalue weighted by Crippen LogP contribution is -2.35. The Kier molecular flexibility index (Phi) is 6.50. The zero-order valence-corrected chi connectivity index (χ0v) is 16.8. The number of amides is 2. The number of carbonyl (C=O) groups is 2. The molecule has 1 aromatic carbocycles. The Morgan fingerprint density at radius 2 is 2.07 bits per heavy atom. The lowest BCUT2D eigenvalue weighted by molar-refractivity contribution is -0.130. The van der Waals surface area contributed by atoms with E-state index in [2.05, 4.69) is 16.8 Å². The van der Waals surface area contributed by atoms with Crippen molar-refractivity contribution in [2.45, 2.75) is 39.3 Å². The summed E-state index contributed by atoms with van der Waals surface area (Å²) in [6, 6.07) is 12.3. The highest BCUT2D eigenvalue weighted by Gasteiger charge is 2.30. The van der Waals surface area contributed by atoms with E-state index < -0.39 is 0 Å². The van der Waals surface area contributed by atoms with Gasteiger partial charge < -0.3 is 15.1 Å². The molecule has 2 heterocycles. The molecule has 6 heteroatoms. The van der Waals surface area contributed by atoms with Crippen LogP contribution >= 0.6 is 11.3 Å². The van der Waals surface area contributed by atoms with Crippen LogP contribution in [0.4, 0.5) is 5.69 Å². The number of anilines is 1. The molecular weight excluding hydrogens is 358 g/mol. The van der Waals surface area contributed by atoms with Gasteiger partial charge in [-0.3, -0.25) is 9.59 Å². The molecule has 1 aliphatic rings. The second-order valence-corrected chi connectivity index (χ2v) is 7.78. The fraction of sp³-hybridized carbons (Fsp3) is 0.429. The molecule has 0 spiro atoms. The van der Waals surface area contributed by atoms with E-state index in [1.165, 1.54) is 4.88 Å². The average Bonchev–Trinajstić information content (AvgIpc) is 3.35. The van der Waals surface area contributed by atoms with Crippen molar-refractivity contribution in [2.24, 2.45) is 0 Å². The Morgan fingerprint density at radius 3 is 2.78 bits per heavy atom. The van der Waals surface area contributed by atoms with Crippen LogP contribution in [0.5, 0.6) is 0 Å². The summed E-state index contributed by atoms with van der Waals surface area (Å²) in [7, 11) is 0. The first-order valence-electron chi connectivity index (χ1n) is 9.50. The minimum Gasteiger partial charge on any atom is -0.376 e. The normalized spacial score (nSPS) is 16.4. The minimum absolute atomic E-state index is 0.0548. The number of benzene rings is 1. The van der Waals surface area contributed by atoms with Crippen LogP contribution in [0.2, 0.25) is 0 Å². The zero-order valence-electron chi connectivity index (χ0n) is 16.0. The predicted octanol–water partition coefficient (Wildman–Crippen LogP) is 3.89. The molecule has 1 aromatic heterocycles. The summed E-state index contributed by atoms with van der Waals surface area (Å²) in [5.74, 6) is 0.179. The Labute approximate surface area is 165 Å². The SMILES string of the molecule is CCN(Cc1ccccc1NCC(=O)N1CCCC1c1cccs1)C(C)=O. The van der Waals surface area contributed by atoms with Gasteiger partial charge in [0.2, 0.25) is 11.8 Å². The number of nitrogens with one attached hydrogen (secondary N) is 1. The highest BCUT2D eigenvalue weighted by molar-refractivity contribution is 7.10. The molecule has 1 aliphatic heterocycles. The van der Waals surface area contributed by atoms with Crippen LogP contribution in [0.3, 0.4) is 0 Å². The van der Waals surface area contributed by atoms with Crippen LogP contribution in [0.25, 0.3) is 0 Å². The molecule has 2 amide bonds. The third kappa shape index (κ3) is 4.69. The number of rotatable bonds is 7. The van der Waals surface area contributed by atoms with Crippen LogP contribution in [0, 0.1) is 0 Å². The summed E-state index contributed by atoms with van der Waals surface area (Å²) in [6.07, 6.45) is 2.09. The van der Waals surface area contributed by atoms with E-state index in [0.29, 0.717) is 13.1 Å². The van der Waals surface area contributed by atoms with Gasteiger partial charge in [-0.15, -0.1) is 11.3 Å². The molecule has 1 fully saturated rings. The monoisotopic (exact) mass is 385 g/mol. The van der Waals surface area contributed by atoms with E-state index >= 15 is 0 Å². The Bertz CT molecular complexity index is 775. The molecule has 1 N–H and O–H groups in total. The summed E-state index contributed by atoms with van der Waals surface area (Å²) >= 11 is 1.72. The number of hydrogen-bond acceptors (Lipinski definition) is 4. The zero-order chi connectivity index (χ0) is 19.2. The van der Waals surface area contributed by atoms with E-state index in [0.717, 1.165) is 30.6 Å². The standard InChI is InChI=1S/C21H27N3O2S/c1-3-23(16(2)25)15-17-8-4-5-9-18(17)22-14-21(26)24-12-6-10-19(24)20-11-7-13-27-20/h4-5,7-9,11,13,19,22H,3,6,10,12,14-15H2,1-2H3. The van der Waals surface area contributed by atoms with Gasteiger partial charge in [0.1, 0.15) is 0 Å². The smallest absolute Gasteiger partial charge is 0.242 e. The predicted molar refractivity (Wildman–Crippen MR) is 110 cm³/mol. The third-order valence-electron chi connectivity index (χ3n) is 5.08. The van der Waals surface area contributed by atoms with E-state index in [-0.39, 0.29) is 24.4 Å². The quantitative estimate of drug-likeness (QED) is 0.787. The molecule has 5 nitrogen and oxygen atoms in total. The first-order chi connectivity index (χ1) is 13.1. The fourth-order valence-electron chi connectivity index (χ4n) is 3.60. The van der Waals surface area contributed by atoms with Gasteiger partial charge >= 0.3 is 0 Å². The first-order valence-corrected chi connectivity index (χ1v) is 10.4. The molecule has 2 aromatic rings. The molecule has 1 atom stereocenters. The number of hydrogen-bond donors (Lipinski definition) is 1. The molecule has 0 saturated carbocycles. The maximum atomic E-state index is 12.8. The summed E-state index contributed by atoms with van der Waals surface area (Å²) < 4.78 is 0. The number of para-hydroxylation sites is 1. The Balaban J connectivity index is 1.64. The van der Waals surface area contributed by atoms with Crippen LogP contribution in [0.15, 0.2) is 41.8 Å².